The fourth-order valence-corrected chi connectivity index (χ4v) is 3.07. The van der Waals surface area contributed by atoms with Gasteiger partial charge in [0.2, 0.25) is 17.6 Å². The predicted molar refractivity (Wildman–Crippen MR) is 111 cm³/mol. The minimum Gasteiger partial charge on any atom is -0.489 e. The van der Waals surface area contributed by atoms with Crippen molar-refractivity contribution in [2.24, 2.45) is 0 Å². The smallest absolute Gasteiger partial charge is 0.246 e. The molecule has 3 aromatic rings. The first kappa shape index (κ1) is 20.8. The van der Waals surface area contributed by atoms with E-state index in [1.165, 1.54) is 0 Å². The summed E-state index contributed by atoms with van der Waals surface area (Å²) < 4.78 is 11.0. The van der Waals surface area contributed by atoms with Gasteiger partial charge in [-0.3, -0.25) is 4.79 Å². The summed E-state index contributed by atoms with van der Waals surface area (Å²) in [7, 11) is 0. The Morgan fingerprint density at radius 3 is 2.69 bits per heavy atom. The van der Waals surface area contributed by atoms with Gasteiger partial charge in [-0.1, -0.05) is 47.6 Å². The second-order valence-electron chi connectivity index (χ2n) is 6.68. The first-order chi connectivity index (χ1) is 13.8. The normalized spacial score (nSPS) is 15.5. The van der Waals surface area contributed by atoms with Gasteiger partial charge in [0.1, 0.15) is 12.4 Å². The first-order valence-corrected chi connectivity index (χ1v) is 9.39. The number of nitrogens with zero attached hydrogens (tertiary/aromatic N) is 2. The van der Waals surface area contributed by atoms with Crippen molar-refractivity contribution in [3.05, 3.63) is 66.1 Å². The molecule has 0 spiro atoms. The number of para-hydroxylation sites is 1. The highest BCUT2D eigenvalue weighted by Crippen LogP contribution is 2.18. The molecule has 0 bridgehead atoms. The lowest BCUT2D eigenvalue weighted by atomic mass is 10.1. The van der Waals surface area contributed by atoms with Crippen molar-refractivity contribution in [3.63, 3.8) is 0 Å². The number of aromatic nitrogens is 2. The summed E-state index contributed by atoms with van der Waals surface area (Å²) in [5.41, 5.74) is 1.90. The molecule has 7 nitrogen and oxygen atoms in total. The van der Waals surface area contributed by atoms with Crippen molar-refractivity contribution in [2.75, 3.05) is 6.54 Å². The molecule has 1 amide bonds. The summed E-state index contributed by atoms with van der Waals surface area (Å²) >= 11 is 0. The van der Waals surface area contributed by atoms with E-state index in [2.05, 4.69) is 20.8 Å². The van der Waals surface area contributed by atoms with Gasteiger partial charge in [-0.25, -0.2) is 0 Å². The number of hydrogen-bond donors (Lipinski definition) is 2. The molecule has 4 rings (SSSR count). The van der Waals surface area contributed by atoms with Crippen LogP contribution in [-0.4, -0.2) is 28.6 Å². The fourth-order valence-electron chi connectivity index (χ4n) is 3.07. The van der Waals surface area contributed by atoms with Crippen LogP contribution < -0.4 is 15.4 Å². The average molecular weight is 415 g/mol. The number of carbonyl (C=O) groups excluding carboxylic acids is 1. The zero-order valence-corrected chi connectivity index (χ0v) is 16.7. The lowest BCUT2D eigenvalue weighted by molar-refractivity contribution is -0.123. The summed E-state index contributed by atoms with van der Waals surface area (Å²) in [4.78, 5) is 16.4. The molecule has 29 heavy (non-hydrogen) atoms. The third kappa shape index (κ3) is 5.56. The Morgan fingerprint density at radius 1 is 1.17 bits per heavy atom. The largest absolute Gasteiger partial charge is 0.489 e. The highest BCUT2D eigenvalue weighted by molar-refractivity contribution is 5.85. The second-order valence-corrected chi connectivity index (χ2v) is 6.68. The summed E-state index contributed by atoms with van der Waals surface area (Å²) in [6, 6.07) is 17.4. The van der Waals surface area contributed by atoms with Crippen LogP contribution in [0.25, 0.3) is 11.4 Å². The Morgan fingerprint density at radius 2 is 1.97 bits per heavy atom. The van der Waals surface area contributed by atoms with E-state index in [9.17, 15) is 4.79 Å². The molecule has 1 saturated heterocycles. The summed E-state index contributed by atoms with van der Waals surface area (Å²) in [5.74, 6) is 1.70. The number of halogens is 1. The summed E-state index contributed by atoms with van der Waals surface area (Å²) in [6.45, 7) is 1.60. The van der Waals surface area contributed by atoms with Gasteiger partial charge in [-0.15, -0.1) is 12.4 Å². The van der Waals surface area contributed by atoms with Crippen molar-refractivity contribution in [2.45, 2.75) is 32.0 Å². The van der Waals surface area contributed by atoms with Crippen LogP contribution in [0.3, 0.4) is 0 Å². The molecule has 0 aliphatic carbocycles. The third-order valence-corrected chi connectivity index (χ3v) is 4.62. The summed E-state index contributed by atoms with van der Waals surface area (Å²) in [5, 5.41) is 9.99. The first-order valence-electron chi connectivity index (χ1n) is 9.39. The Bertz CT molecular complexity index is 909. The number of ether oxygens (including phenoxy) is 1. The van der Waals surface area contributed by atoms with Gasteiger partial charge in [0.25, 0.3) is 0 Å². The van der Waals surface area contributed by atoms with Crippen molar-refractivity contribution in [1.29, 1.82) is 0 Å². The highest BCUT2D eigenvalue weighted by atomic mass is 35.5. The molecule has 8 heteroatoms. The monoisotopic (exact) mass is 414 g/mol. The Kier molecular flexibility index (Phi) is 7.21. The number of hydrogen-bond acceptors (Lipinski definition) is 6. The average Bonchev–Trinajstić information content (AvgIpc) is 3.44. The topological polar surface area (TPSA) is 89.3 Å². The van der Waals surface area contributed by atoms with E-state index in [1.54, 1.807) is 0 Å². The van der Waals surface area contributed by atoms with Crippen molar-refractivity contribution in [3.8, 4) is 17.1 Å². The fraction of sp³-hybridized carbons (Fsp3) is 0.286. The van der Waals surface area contributed by atoms with E-state index >= 15 is 0 Å². The van der Waals surface area contributed by atoms with Crippen molar-refractivity contribution >= 4 is 18.3 Å². The lowest BCUT2D eigenvalue weighted by Gasteiger charge is -2.08. The third-order valence-electron chi connectivity index (χ3n) is 4.62. The van der Waals surface area contributed by atoms with Crippen LogP contribution in [0.2, 0.25) is 0 Å². The van der Waals surface area contributed by atoms with Crippen LogP contribution in [0.5, 0.6) is 5.75 Å². The molecule has 1 fully saturated rings. The maximum atomic E-state index is 12.0. The highest BCUT2D eigenvalue weighted by Gasteiger charge is 2.22. The molecule has 1 atom stereocenters. The lowest BCUT2D eigenvalue weighted by Crippen LogP contribution is -2.40. The molecular weight excluding hydrogens is 392 g/mol. The molecule has 0 radical (unpaired) electrons. The molecule has 152 valence electrons. The molecule has 1 aromatic heterocycles. The maximum absolute atomic E-state index is 12.0. The van der Waals surface area contributed by atoms with Crippen LogP contribution in [-0.2, 0) is 17.9 Å². The van der Waals surface area contributed by atoms with Crippen LogP contribution in [0.4, 0.5) is 0 Å². The minimum absolute atomic E-state index is 0. The predicted octanol–water partition coefficient (Wildman–Crippen LogP) is 3.11. The standard InChI is InChI=1S/C21H22N4O3.ClH/c26-21(18-7-4-12-22-18)23-13-19-24-20(25-28-19)16-10-8-15(9-11-16)14-27-17-5-2-1-3-6-17;/h1-3,5-6,8-11,18,22H,4,7,12-14H2,(H,23,26);1H. The number of benzene rings is 2. The van der Waals surface area contributed by atoms with Gasteiger partial charge in [-0.05, 0) is 37.1 Å². The van der Waals surface area contributed by atoms with E-state index in [1.807, 2.05) is 54.6 Å². The zero-order valence-electron chi connectivity index (χ0n) is 15.8. The molecule has 2 heterocycles. The minimum atomic E-state index is -0.118. The molecule has 1 aliphatic rings. The SMILES string of the molecule is Cl.O=C(NCc1nc(-c2ccc(COc3ccccc3)cc2)no1)C1CCCN1. The van der Waals surface area contributed by atoms with E-state index < -0.39 is 0 Å². The van der Waals surface area contributed by atoms with Crippen LogP contribution in [0.1, 0.15) is 24.3 Å². The van der Waals surface area contributed by atoms with Crippen LogP contribution >= 0.6 is 12.4 Å². The van der Waals surface area contributed by atoms with Gasteiger partial charge in [0, 0.05) is 5.56 Å². The Labute approximate surface area is 175 Å². The molecule has 0 saturated carbocycles. The second kappa shape index (κ2) is 10.0. The van der Waals surface area contributed by atoms with Crippen molar-refractivity contribution < 1.29 is 14.1 Å². The van der Waals surface area contributed by atoms with Gasteiger partial charge >= 0.3 is 0 Å². The zero-order chi connectivity index (χ0) is 19.2. The number of rotatable bonds is 7. The Hall–Kier alpha value is -2.90. The van der Waals surface area contributed by atoms with Gasteiger partial charge in [0.05, 0.1) is 12.6 Å². The molecule has 1 aliphatic heterocycles. The summed E-state index contributed by atoms with van der Waals surface area (Å²) in [6.07, 6.45) is 1.89. The van der Waals surface area contributed by atoms with E-state index in [-0.39, 0.29) is 30.9 Å². The molecular formula is C21H23ClN4O3. The van der Waals surface area contributed by atoms with Gasteiger partial charge in [-0.2, -0.15) is 4.98 Å². The molecule has 2 aromatic carbocycles. The van der Waals surface area contributed by atoms with Gasteiger partial charge < -0.3 is 19.9 Å². The Balaban J connectivity index is 0.00000240. The van der Waals surface area contributed by atoms with E-state index in [4.69, 9.17) is 9.26 Å². The van der Waals surface area contributed by atoms with Gasteiger partial charge in [0.15, 0.2) is 0 Å². The maximum Gasteiger partial charge on any atom is 0.246 e. The molecule has 1 unspecified atom stereocenters. The number of amides is 1. The van der Waals surface area contributed by atoms with Crippen molar-refractivity contribution in [1.82, 2.24) is 20.8 Å². The quantitative estimate of drug-likeness (QED) is 0.617. The molecule has 2 N–H and O–H groups in total. The van der Waals surface area contributed by atoms with E-state index in [0.717, 1.165) is 36.3 Å². The van der Waals surface area contributed by atoms with Crippen LogP contribution in [0.15, 0.2) is 59.1 Å². The van der Waals surface area contributed by atoms with Crippen LogP contribution in [0, 0.1) is 0 Å². The van der Waals surface area contributed by atoms with E-state index in [0.29, 0.717) is 18.3 Å². The number of nitrogens with one attached hydrogen (secondary N) is 2. The number of carbonyl (C=O) groups is 1.